The van der Waals surface area contributed by atoms with Gasteiger partial charge in [0.25, 0.3) is 6.71 Å². The van der Waals surface area contributed by atoms with E-state index in [1.54, 1.807) is 6.20 Å². The van der Waals surface area contributed by atoms with E-state index in [0.717, 1.165) is 22.4 Å². The number of pyridine rings is 1. The molecular formula is C27H17BN2OS. The maximum Gasteiger partial charge on any atom is 0.294 e. The molecule has 3 nitrogen and oxygen atoms in total. The lowest BCUT2D eigenvalue weighted by Crippen LogP contribution is -2.56. The van der Waals surface area contributed by atoms with Gasteiger partial charge in [0.1, 0.15) is 5.66 Å². The molecule has 150 valence electrons. The summed E-state index contributed by atoms with van der Waals surface area (Å²) in [5.41, 5.74) is 6.37. The first kappa shape index (κ1) is 17.8. The molecule has 6 aromatic rings. The fraction of sp³-hybridized carbons (Fsp3) is 0. The summed E-state index contributed by atoms with van der Waals surface area (Å²) in [4.78, 5) is 6.93. The zero-order valence-electron chi connectivity index (χ0n) is 17.1. The van der Waals surface area contributed by atoms with Gasteiger partial charge in [-0.25, -0.2) is 4.98 Å². The van der Waals surface area contributed by atoms with E-state index in [0.29, 0.717) is 5.71 Å². The molecule has 0 N–H and O–H groups in total. The summed E-state index contributed by atoms with van der Waals surface area (Å²) in [5, 5.41) is 3.56. The quantitative estimate of drug-likeness (QED) is 0.348. The molecule has 3 aromatic heterocycles. The van der Waals surface area contributed by atoms with E-state index >= 15 is 0 Å². The molecule has 0 spiro atoms. The summed E-state index contributed by atoms with van der Waals surface area (Å²) >= 11 is 1.84. The maximum absolute atomic E-state index is 6.54. The number of furan rings is 1. The van der Waals surface area contributed by atoms with E-state index in [2.05, 4.69) is 101 Å². The van der Waals surface area contributed by atoms with Crippen LogP contribution in [0.3, 0.4) is 0 Å². The second-order valence-corrected chi connectivity index (χ2v) is 9.03. The van der Waals surface area contributed by atoms with Crippen molar-refractivity contribution in [3.8, 4) is 0 Å². The number of rotatable bonds is 2. The predicted molar refractivity (Wildman–Crippen MR) is 135 cm³/mol. The molecule has 7 rings (SSSR count). The van der Waals surface area contributed by atoms with Gasteiger partial charge in [0.15, 0.2) is 0 Å². The largest absolute Gasteiger partial charge is 0.450 e. The first-order chi connectivity index (χ1) is 15.9. The van der Waals surface area contributed by atoms with Gasteiger partial charge in [0.2, 0.25) is 5.71 Å². The smallest absolute Gasteiger partial charge is 0.294 e. The Labute approximate surface area is 189 Å². The molecular weight excluding hydrogens is 411 g/mol. The highest BCUT2D eigenvalue weighted by atomic mass is 32.1. The Morgan fingerprint density at radius 2 is 1.47 bits per heavy atom. The number of anilines is 3. The Hall–Kier alpha value is -3.83. The van der Waals surface area contributed by atoms with Gasteiger partial charge < -0.3 is 4.42 Å². The topological polar surface area (TPSA) is 29.3 Å². The molecule has 3 aromatic carbocycles. The van der Waals surface area contributed by atoms with Gasteiger partial charge in [-0.05, 0) is 41.2 Å². The number of aromatic nitrogens is 1. The standard InChI is InChI=1S/C27H17BN2OS/c1-3-10-18(11-4-1)28-23-20-14-7-8-16-22(20)32-27(23)30(19-12-5-2-6-13-19)24-21-15-9-17-29-26(21)31-25(24)28/h1-17H. The molecule has 32 heavy (non-hydrogen) atoms. The predicted octanol–water partition coefficient (Wildman–Crippen LogP) is 5.34. The van der Waals surface area contributed by atoms with Crippen molar-refractivity contribution in [2.75, 3.05) is 4.90 Å². The number of thiophene rings is 1. The van der Waals surface area contributed by atoms with E-state index < -0.39 is 0 Å². The van der Waals surface area contributed by atoms with E-state index in [9.17, 15) is 0 Å². The van der Waals surface area contributed by atoms with Crippen LogP contribution in [0.1, 0.15) is 0 Å². The zero-order chi connectivity index (χ0) is 21.1. The third-order valence-corrected chi connectivity index (χ3v) is 7.38. The van der Waals surface area contributed by atoms with Gasteiger partial charge in [0.05, 0.1) is 16.1 Å². The molecule has 0 saturated carbocycles. The minimum atomic E-state index is 0.00603. The molecule has 0 unspecified atom stereocenters. The second kappa shape index (κ2) is 6.84. The molecule has 0 amide bonds. The van der Waals surface area contributed by atoms with Crippen LogP contribution >= 0.6 is 11.3 Å². The summed E-state index contributed by atoms with van der Waals surface area (Å²) in [6.45, 7) is 0.00603. The molecule has 0 aliphatic carbocycles. The average molecular weight is 428 g/mol. The normalized spacial score (nSPS) is 12.9. The van der Waals surface area contributed by atoms with Crippen LogP contribution in [0.15, 0.2) is 108 Å². The molecule has 0 atom stereocenters. The maximum atomic E-state index is 6.54. The molecule has 0 fully saturated rings. The van der Waals surface area contributed by atoms with Gasteiger partial charge >= 0.3 is 0 Å². The fourth-order valence-electron chi connectivity index (χ4n) is 4.88. The number of nitrogens with zero attached hydrogens (tertiary/aromatic N) is 2. The molecule has 0 radical (unpaired) electrons. The number of hydrogen-bond acceptors (Lipinski definition) is 4. The number of hydrogen-bond donors (Lipinski definition) is 0. The van der Waals surface area contributed by atoms with Crippen molar-refractivity contribution in [1.29, 1.82) is 0 Å². The first-order valence-corrected chi connectivity index (χ1v) is 11.5. The van der Waals surface area contributed by atoms with E-state index in [-0.39, 0.29) is 6.71 Å². The van der Waals surface area contributed by atoms with Crippen molar-refractivity contribution < 1.29 is 4.42 Å². The van der Waals surface area contributed by atoms with Gasteiger partial charge in [-0.1, -0.05) is 72.2 Å². The van der Waals surface area contributed by atoms with Gasteiger partial charge in [0, 0.05) is 16.6 Å². The minimum absolute atomic E-state index is 0.00603. The minimum Gasteiger partial charge on any atom is -0.450 e. The Balaban J connectivity index is 1.65. The lowest BCUT2D eigenvalue weighted by Gasteiger charge is -2.32. The van der Waals surface area contributed by atoms with Crippen molar-refractivity contribution in [3.05, 3.63) is 103 Å². The molecule has 0 saturated heterocycles. The summed E-state index contributed by atoms with van der Waals surface area (Å²) in [6, 6.07) is 34.0. The highest BCUT2D eigenvalue weighted by Crippen LogP contribution is 2.45. The van der Waals surface area contributed by atoms with Crippen LogP contribution < -0.4 is 21.5 Å². The molecule has 0 bridgehead atoms. The van der Waals surface area contributed by atoms with Gasteiger partial charge in [-0.3, -0.25) is 4.90 Å². The number of fused-ring (bicyclic) bond motifs is 6. The third-order valence-electron chi connectivity index (χ3n) is 6.21. The Kier molecular flexibility index (Phi) is 3.81. The second-order valence-electron chi connectivity index (χ2n) is 8.00. The number of benzene rings is 3. The van der Waals surface area contributed by atoms with Crippen LogP contribution in [0.2, 0.25) is 0 Å². The van der Waals surface area contributed by atoms with Crippen LogP contribution in [-0.2, 0) is 0 Å². The highest BCUT2D eigenvalue weighted by molar-refractivity contribution is 7.26. The van der Waals surface area contributed by atoms with Crippen LogP contribution in [-0.4, -0.2) is 11.7 Å². The lowest BCUT2D eigenvalue weighted by atomic mass is 9.37. The van der Waals surface area contributed by atoms with Crippen LogP contribution in [0.25, 0.3) is 21.2 Å². The summed E-state index contributed by atoms with van der Waals surface area (Å²) in [6.07, 6.45) is 1.80. The average Bonchev–Trinajstić information content (AvgIpc) is 3.42. The molecule has 5 heteroatoms. The van der Waals surface area contributed by atoms with Crippen molar-refractivity contribution in [1.82, 2.24) is 4.98 Å². The summed E-state index contributed by atoms with van der Waals surface area (Å²) in [7, 11) is 0. The Morgan fingerprint density at radius 3 is 2.31 bits per heavy atom. The van der Waals surface area contributed by atoms with Crippen molar-refractivity contribution in [2.45, 2.75) is 0 Å². The van der Waals surface area contributed by atoms with Crippen molar-refractivity contribution in [3.63, 3.8) is 0 Å². The third kappa shape index (κ3) is 2.46. The molecule has 4 heterocycles. The van der Waals surface area contributed by atoms with Crippen LogP contribution in [0.4, 0.5) is 16.4 Å². The number of para-hydroxylation sites is 1. The lowest BCUT2D eigenvalue weighted by molar-refractivity contribution is 0.637. The highest BCUT2D eigenvalue weighted by Gasteiger charge is 2.42. The van der Waals surface area contributed by atoms with Crippen molar-refractivity contribution in [2.24, 2.45) is 0 Å². The molecule has 1 aliphatic heterocycles. The van der Waals surface area contributed by atoms with Gasteiger partial charge in [-0.15, -0.1) is 11.3 Å². The summed E-state index contributed by atoms with van der Waals surface area (Å²) in [5.74, 6) is 0. The fourth-order valence-corrected chi connectivity index (χ4v) is 6.15. The summed E-state index contributed by atoms with van der Waals surface area (Å²) < 4.78 is 7.82. The monoisotopic (exact) mass is 428 g/mol. The van der Waals surface area contributed by atoms with E-state index in [1.165, 1.54) is 26.0 Å². The van der Waals surface area contributed by atoms with Crippen molar-refractivity contribution >= 4 is 72.2 Å². The first-order valence-electron chi connectivity index (χ1n) is 10.7. The zero-order valence-corrected chi connectivity index (χ0v) is 17.9. The van der Waals surface area contributed by atoms with E-state index in [4.69, 9.17) is 4.42 Å². The Bertz CT molecular complexity index is 1470. The van der Waals surface area contributed by atoms with Gasteiger partial charge in [-0.2, -0.15) is 0 Å². The van der Waals surface area contributed by atoms with E-state index in [1.807, 2.05) is 17.4 Å². The molecule has 1 aliphatic rings. The van der Waals surface area contributed by atoms with Crippen LogP contribution in [0, 0.1) is 0 Å². The SMILES string of the molecule is c1ccc(B2c3oc4ncccc4c3N(c3ccccc3)c3sc4ccccc4c32)cc1. The van der Waals surface area contributed by atoms with Crippen LogP contribution in [0.5, 0.6) is 0 Å². The Morgan fingerprint density at radius 1 is 0.750 bits per heavy atom.